The number of amides is 1. The van der Waals surface area contributed by atoms with Crippen molar-refractivity contribution in [1.29, 1.82) is 0 Å². The molecular formula is C32H46N4O4. The maximum absolute atomic E-state index is 13.2. The van der Waals surface area contributed by atoms with Crippen molar-refractivity contribution in [1.82, 2.24) is 19.7 Å². The van der Waals surface area contributed by atoms with Gasteiger partial charge in [0.15, 0.2) is 23.5 Å². The summed E-state index contributed by atoms with van der Waals surface area (Å²) in [5, 5.41) is 4.74. The van der Waals surface area contributed by atoms with Crippen molar-refractivity contribution >= 4 is 17.9 Å². The Morgan fingerprint density at radius 3 is 2.17 bits per heavy atom. The number of aldehydes is 1. The topological polar surface area (TPSA) is 89.4 Å². The second kappa shape index (κ2) is 19.1. The normalized spacial score (nSPS) is 10.4. The number of hydrogen-bond acceptors (Lipinski definition) is 5. The fourth-order valence-electron chi connectivity index (χ4n) is 4.00. The quantitative estimate of drug-likeness (QED) is 0.182. The number of nitrogens with zero attached hydrogens (tertiary/aromatic N) is 3. The van der Waals surface area contributed by atoms with E-state index in [2.05, 4.69) is 32.3 Å². The number of aromatic nitrogens is 3. The average molecular weight is 551 g/mol. The Kier molecular flexibility index (Phi) is 16.2. The molecule has 0 unspecified atom stereocenters. The lowest BCUT2D eigenvalue weighted by atomic mass is 10.1. The number of aromatic amines is 1. The molecule has 0 radical (unpaired) electrons. The van der Waals surface area contributed by atoms with E-state index in [0.717, 1.165) is 62.0 Å². The number of H-pyrrole nitrogens is 1. The molecule has 1 aromatic carbocycles. The van der Waals surface area contributed by atoms with Crippen LogP contribution in [-0.2, 0) is 6.42 Å². The van der Waals surface area contributed by atoms with Crippen molar-refractivity contribution in [3.05, 3.63) is 84.0 Å². The summed E-state index contributed by atoms with van der Waals surface area (Å²) >= 11 is 0. The van der Waals surface area contributed by atoms with Crippen LogP contribution in [0.5, 0.6) is 11.5 Å². The molecule has 2 aromatic heterocycles. The molecular weight excluding hydrogens is 504 g/mol. The molecule has 0 fully saturated rings. The number of allylic oxidation sites excluding steroid dienone is 2. The molecule has 3 rings (SSSR count). The molecule has 0 aliphatic rings. The Bertz CT molecular complexity index is 1190. The number of rotatable bonds is 13. The lowest BCUT2D eigenvalue weighted by molar-refractivity contribution is 0.0749. The second-order valence-electron chi connectivity index (χ2n) is 8.58. The number of hydrogen-bond donors (Lipinski definition) is 1. The minimum atomic E-state index is -0.0231. The van der Waals surface area contributed by atoms with Gasteiger partial charge in [0.2, 0.25) is 0 Å². The Labute approximate surface area is 239 Å². The standard InChI is InChI=1S/C25H35N3O3.C5H5NO.C2H6/c1-7-11-20-18-21(25(29)27(15-9-3)16-10-4)26-28(20)22(12-8-2)19-13-14-23(30-5)24(17-19)31-6;7-4-5-2-1-3-6-5;1-2/h8,12-14,17-18H,2,7,9-11,15-16H2,1,3-6H3;1-4,6H;1-2H3/b22-12-;;. The van der Waals surface area contributed by atoms with Crippen molar-refractivity contribution in [3.63, 3.8) is 0 Å². The third-order valence-corrected chi connectivity index (χ3v) is 5.71. The molecule has 0 saturated carbocycles. The number of carbonyl (C=O) groups is 2. The van der Waals surface area contributed by atoms with Gasteiger partial charge in [-0.15, -0.1) is 0 Å². The number of benzene rings is 1. The van der Waals surface area contributed by atoms with E-state index in [-0.39, 0.29) is 5.91 Å². The number of carbonyl (C=O) groups excluding carboxylic acids is 2. The van der Waals surface area contributed by atoms with Crippen molar-refractivity contribution < 1.29 is 19.1 Å². The van der Waals surface area contributed by atoms with Crippen LogP contribution < -0.4 is 9.47 Å². The number of ether oxygens (including phenoxy) is 2. The highest BCUT2D eigenvalue weighted by molar-refractivity contribution is 5.92. The van der Waals surface area contributed by atoms with Crippen LogP contribution >= 0.6 is 0 Å². The lowest BCUT2D eigenvalue weighted by Gasteiger charge is -2.20. The Morgan fingerprint density at radius 1 is 1.02 bits per heavy atom. The van der Waals surface area contributed by atoms with Crippen LogP contribution in [0.1, 0.15) is 86.1 Å². The zero-order chi connectivity index (χ0) is 29.9. The molecule has 0 atom stereocenters. The third kappa shape index (κ3) is 9.59. The molecule has 218 valence electrons. The van der Waals surface area contributed by atoms with Crippen LogP contribution in [0.15, 0.2) is 61.3 Å². The monoisotopic (exact) mass is 550 g/mol. The molecule has 2 heterocycles. The van der Waals surface area contributed by atoms with Gasteiger partial charge in [-0.25, -0.2) is 4.68 Å². The Balaban J connectivity index is 0.000000759. The molecule has 0 aliphatic heterocycles. The van der Waals surface area contributed by atoms with Crippen LogP contribution in [0.4, 0.5) is 0 Å². The van der Waals surface area contributed by atoms with Crippen LogP contribution in [0.2, 0.25) is 0 Å². The predicted molar refractivity (Wildman–Crippen MR) is 163 cm³/mol. The predicted octanol–water partition coefficient (Wildman–Crippen LogP) is 7.04. The van der Waals surface area contributed by atoms with Gasteiger partial charge in [0.25, 0.3) is 5.91 Å². The zero-order valence-electron chi connectivity index (χ0n) is 25.2. The summed E-state index contributed by atoms with van der Waals surface area (Å²) in [7, 11) is 3.23. The summed E-state index contributed by atoms with van der Waals surface area (Å²) in [6.07, 6.45) is 9.71. The molecule has 0 spiro atoms. The van der Waals surface area contributed by atoms with Gasteiger partial charge in [0.05, 0.1) is 25.6 Å². The molecule has 0 aliphatic carbocycles. The zero-order valence-corrected chi connectivity index (χ0v) is 25.2. The van der Waals surface area contributed by atoms with E-state index in [9.17, 15) is 9.59 Å². The maximum Gasteiger partial charge on any atom is 0.274 e. The molecule has 1 N–H and O–H groups in total. The largest absolute Gasteiger partial charge is 0.493 e. The maximum atomic E-state index is 13.2. The van der Waals surface area contributed by atoms with Crippen LogP contribution in [0.3, 0.4) is 0 Å². The van der Waals surface area contributed by atoms with Gasteiger partial charge in [-0.3, -0.25) is 9.59 Å². The van der Waals surface area contributed by atoms with Gasteiger partial charge in [-0.1, -0.05) is 53.7 Å². The number of aryl methyl sites for hydroxylation is 1. The first-order valence-electron chi connectivity index (χ1n) is 14.0. The van der Waals surface area contributed by atoms with E-state index in [0.29, 0.717) is 22.9 Å². The van der Waals surface area contributed by atoms with Crippen LogP contribution in [-0.4, -0.2) is 59.2 Å². The minimum absolute atomic E-state index is 0.0231. The first-order chi connectivity index (χ1) is 19.5. The van der Waals surface area contributed by atoms with Gasteiger partial charge in [-0.05, 0) is 61.7 Å². The highest BCUT2D eigenvalue weighted by atomic mass is 16.5. The lowest BCUT2D eigenvalue weighted by Crippen LogP contribution is -2.32. The fourth-order valence-corrected chi connectivity index (χ4v) is 4.00. The summed E-state index contributed by atoms with van der Waals surface area (Å²) in [5.74, 6) is 1.27. The van der Waals surface area contributed by atoms with E-state index < -0.39 is 0 Å². The average Bonchev–Trinajstić information content (AvgIpc) is 3.67. The van der Waals surface area contributed by atoms with E-state index >= 15 is 0 Å². The first-order valence-corrected chi connectivity index (χ1v) is 14.0. The molecule has 3 aromatic rings. The molecule has 0 saturated heterocycles. The van der Waals surface area contributed by atoms with Gasteiger partial charge in [-0.2, -0.15) is 5.10 Å². The van der Waals surface area contributed by atoms with Crippen molar-refractivity contribution in [2.75, 3.05) is 27.3 Å². The molecule has 40 heavy (non-hydrogen) atoms. The van der Waals surface area contributed by atoms with Crippen molar-refractivity contribution in [2.24, 2.45) is 0 Å². The summed E-state index contributed by atoms with van der Waals surface area (Å²) in [6, 6.07) is 11.1. The molecule has 8 heteroatoms. The number of methoxy groups -OCH3 is 2. The van der Waals surface area contributed by atoms with E-state index in [4.69, 9.17) is 14.6 Å². The van der Waals surface area contributed by atoms with Crippen LogP contribution in [0, 0.1) is 0 Å². The molecule has 0 bridgehead atoms. The summed E-state index contributed by atoms with van der Waals surface area (Å²) < 4.78 is 12.7. The third-order valence-electron chi connectivity index (χ3n) is 5.71. The molecule has 8 nitrogen and oxygen atoms in total. The highest BCUT2D eigenvalue weighted by Gasteiger charge is 2.21. The van der Waals surface area contributed by atoms with Gasteiger partial charge in [0.1, 0.15) is 0 Å². The van der Waals surface area contributed by atoms with Crippen molar-refractivity contribution in [2.45, 2.75) is 60.3 Å². The Morgan fingerprint density at radius 2 is 1.70 bits per heavy atom. The van der Waals surface area contributed by atoms with Gasteiger partial charge in [0, 0.05) is 30.5 Å². The summed E-state index contributed by atoms with van der Waals surface area (Å²) in [4.78, 5) is 27.6. The fraction of sp³-hybridized carbons (Fsp3) is 0.406. The van der Waals surface area contributed by atoms with Gasteiger partial charge < -0.3 is 19.4 Å². The van der Waals surface area contributed by atoms with E-state index in [1.165, 1.54) is 0 Å². The van der Waals surface area contributed by atoms with E-state index in [1.54, 1.807) is 38.6 Å². The second-order valence-corrected chi connectivity index (χ2v) is 8.58. The smallest absolute Gasteiger partial charge is 0.274 e. The minimum Gasteiger partial charge on any atom is -0.493 e. The Hall–Kier alpha value is -4.07. The first kappa shape index (κ1) is 34.0. The van der Waals surface area contributed by atoms with Gasteiger partial charge >= 0.3 is 0 Å². The van der Waals surface area contributed by atoms with E-state index in [1.807, 2.05) is 53.8 Å². The SMILES string of the molecule is C=C/C=C(/c1ccc(OC)c(OC)c1)n1nc(C(=O)N(CCC)CCC)cc1CCC.CC.O=Cc1ccc[nH]1. The highest BCUT2D eigenvalue weighted by Crippen LogP contribution is 2.31. The summed E-state index contributed by atoms with van der Waals surface area (Å²) in [6.45, 7) is 15.6. The number of nitrogens with one attached hydrogen (secondary N) is 1. The van der Waals surface area contributed by atoms with Crippen molar-refractivity contribution in [3.8, 4) is 11.5 Å². The van der Waals surface area contributed by atoms with Crippen LogP contribution in [0.25, 0.3) is 5.70 Å². The summed E-state index contributed by atoms with van der Waals surface area (Å²) in [5.41, 5.74) is 3.81. The molecule has 1 amide bonds.